The number of carboxylic acids is 1. The highest BCUT2D eigenvalue weighted by molar-refractivity contribution is 5.70. The second-order valence-corrected chi connectivity index (χ2v) is 5.12. The van der Waals surface area contributed by atoms with Crippen LogP contribution < -0.4 is 5.32 Å². The van der Waals surface area contributed by atoms with Crippen molar-refractivity contribution in [1.29, 1.82) is 0 Å². The molecule has 1 atom stereocenters. The molecule has 0 aromatic heterocycles. The van der Waals surface area contributed by atoms with Gasteiger partial charge in [-0.15, -0.1) is 0 Å². The molecule has 0 amide bonds. The summed E-state index contributed by atoms with van der Waals surface area (Å²) in [5, 5.41) is 12.4. The number of aliphatic carboxylic acids is 1. The zero-order valence-corrected chi connectivity index (χ0v) is 11.1. The van der Waals surface area contributed by atoms with E-state index in [4.69, 9.17) is 5.11 Å². The zero-order valence-electron chi connectivity index (χ0n) is 11.1. The second kappa shape index (κ2) is 7.10. The van der Waals surface area contributed by atoms with Gasteiger partial charge in [-0.3, -0.25) is 4.79 Å². The van der Waals surface area contributed by atoms with Crippen molar-refractivity contribution in [2.24, 2.45) is 5.92 Å². The van der Waals surface area contributed by atoms with Gasteiger partial charge in [-0.05, 0) is 42.9 Å². The van der Waals surface area contributed by atoms with E-state index in [0.717, 1.165) is 36.6 Å². The molecule has 2 N–H and O–H groups in total. The number of nitrogens with one attached hydrogen (secondary N) is 1. The predicted molar refractivity (Wildman–Crippen MR) is 76.0 cm³/mol. The van der Waals surface area contributed by atoms with E-state index in [9.17, 15) is 4.79 Å². The Bertz CT molecular complexity index is 454. The molecule has 1 aliphatic carbocycles. The molecule has 2 rings (SSSR count). The normalized spacial score (nSPS) is 18.4. The molecule has 1 aromatic rings. The Kier molecular flexibility index (Phi) is 5.16. The first kappa shape index (κ1) is 13.8. The molecule has 3 nitrogen and oxygen atoms in total. The van der Waals surface area contributed by atoms with E-state index < -0.39 is 5.97 Å². The minimum absolute atomic E-state index is 0.101. The van der Waals surface area contributed by atoms with Crippen molar-refractivity contribution < 1.29 is 9.90 Å². The number of carbonyl (C=O) groups is 1. The fraction of sp³-hybridized carbons (Fsp3) is 0.438. The molecule has 1 aromatic carbocycles. The van der Waals surface area contributed by atoms with Crippen LogP contribution in [-0.2, 0) is 17.8 Å². The van der Waals surface area contributed by atoms with Crippen molar-refractivity contribution in [1.82, 2.24) is 5.32 Å². The standard InChI is InChI=1S/C16H21NO2/c18-16(19)10-14-8-4-5-9-15(14)12-17-11-13-6-2-1-3-7-13/h1-2,4-5,8-9,13,17H,3,6-7,10-12H2,(H,18,19). The van der Waals surface area contributed by atoms with Crippen LogP contribution >= 0.6 is 0 Å². The molecule has 0 saturated heterocycles. The summed E-state index contributed by atoms with van der Waals surface area (Å²) in [4.78, 5) is 10.8. The smallest absolute Gasteiger partial charge is 0.307 e. The van der Waals surface area contributed by atoms with Gasteiger partial charge in [0, 0.05) is 6.54 Å². The molecule has 1 aliphatic rings. The summed E-state index contributed by atoms with van der Waals surface area (Å²) in [6.07, 6.45) is 8.20. The minimum atomic E-state index is -0.773. The van der Waals surface area contributed by atoms with Crippen LogP contribution in [0.1, 0.15) is 30.4 Å². The summed E-state index contributed by atoms with van der Waals surface area (Å²) in [5.74, 6) is -0.0542. The molecule has 19 heavy (non-hydrogen) atoms. The molecule has 3 heteroatoms. The van der Waals surface area contributed by atoms with Gasteiger partial charge in [0.05, 0.1) is 6.42 Å². The van der Waals surface area contributed by atoms with Crippen molar-refractivity contribution in [3.8, 4) is 0 Å². The summed E-state index contributed by atoms with van der Waals surface area (Å²) >= 11 is 0. The predicted octanol–water partition coefficient (Wildman–Crippen LogP) is 2.76. The molecule has 1 unspecified atom stereocenters. The first-order chi connectivity index (χ1) is 9.25. The van der Waals surface area contributed by atoms with E-state index in [1.165, 1.54) is 12.8 Å². The highest BCUT2D eigenvalue weighted by Crippen LogP contribution is 2.17. The lowest BCUT2D eigenvalue weighted by Crippen LogP contribution is -2.23. The molecule has 0 saturated carbocycles. The van der Waals surface area contributed by atoms with Gasteiger partial charge in [0.25, 0.3) is 0 Å². The molecule has 0 heterocycles. The number of hydrogen-bond acceptors (Lipinski definition) is 2. The Morgan fingerprint density at radius 1 is 1.26 bits per heavy atom. The molecular weight excluding hydrogens is 238 g/mol. The molecule has 0 bridgehead atoms. The number of carboxylic acid groups (broad SMARTS) is 1. The maximum Gasteiger partial charge on any atom is 0.307 e. The fourth-order valence-electron chi connectivity index (χ4n) is 2.52. The first-order valence-corrected chi connectivity index (χ1v) is 6.90. The highest BCUT2D eigenvalue weighted by Gasteiger charge is 2.10. The third kappa shape index (κ3) is 4.52. The fourth-order valence-corrected chi connectivity index (χ4v) is 2.52. The SMILES string of the molecule is O=C(O)Cc1ccccc1CNCC1CC=CCC1. The second-order valence-electron chi connectivity index (χ2n) is 5.12. The lowest BCUT2D eigenvalue weighted by Gasteiger charge is -2.18. The van der Waals surface area contributed by atoms with Gasteiger partial charge in [-0.25, -0.2) is 0 Å². The molecule has 0 spiro atoms. The third-order valence-corrected chi connectivity index (χ3v) is 3.59. The number of hydrogen-bond donors (Lipinski definition) is 2. The average molecular weight is 259 g/mol. The Balaban J connectivity index is 1.84. The summed E-state index contributed by atoms with van der Waals surface area (Å²) in [7, 11) is 0. The Hall–Kier alpha value is -1.61. The van der Waals surface area contributed by atoms with Gasteiger partial charge >= 0.3 is 5.97 Å². The maximum absolute atomic E-state index is 10.8. The molecule has 0 radical (unpaired) electrons. The van der Waals surface area contributed by atoms with Gasteiger partial charge in [-0.1, -0.05) is 36.4 Å². The van der Waals surface area contributed by atoms with Crippen LogP contribution in [0.15, 0.2) is 36.4 Å². The van der Waals surface area contributed by atoms with Gasteiger partial charge in [0.2, 0.25) is 0 Å². The van der Waals surface area contributed by atoms with Crippen molar-refractivity contribution in [3.05, 3.63) is 47.5 Å². The lowest BCUT2D eigenvalue weighted by atomic mass is 9.94. The van der Waals surface area contributed by atoms with Gasteiger partial charge in [-0.2, -0.15) is 0 Å². The minimum Gasteiger partial charge on any atom is -0.481 e. The Morgan fingerprint density at radius 3 is 2.74 bits per heavy atom. The van der Waals surface area contributed by atoms with E-state index in [-0.39, 0.29) is 6.42 Å². The summed E-state index contributed by atoms with van der Waals surface area (Å²) < 4.78 is 0. The maximum atomic E-state index is 10.8. The van der Waals surface area contributed by atoms with Crippen LogP contribution in [0.5, 0.6) is 0 Å². The van der Waals surface area contributed by atoms with Crippen LogP contribution in [0, 0.1) is 5.92 Å². The van der Waals surface area contributed by atoms with E-state index in [2.05, 4.69) is 17.5 Å². The van der Waals surface area contributed by atoms with Crippen molar-refractivity contribution in [2.45, 2.75) is 32.2 Å². The lowest BCUT2D eigenvalue weighted by molar-refractivity contribution is -0.136. The summed E-state index contributed by atoms with van der Waals surface area (Å²) in [5.41, 5.74) is 2.00. The van der Waals surface area contributed by atoms with E-state index in [0.29, 0.717) is 0 Å². The largest absolute Gasteiger partial charge is 0.481 e. The molecule has 102 valence electrons. The molecule has 0 aliphatic heterocycles. The average Bonchev–Trinajstić information content (AvgIpc) is 2.41. The van der Waals surface area contributed by atoms with Crippen LogP contribution in [-0.4, -0.2) is 17.6 Å². The van der Waals surface area contributed by atoms with Crippen LogP contribution in [0.3, 0.4) is 0 Å². The molecular formula is C16H21NO2. The van der Waals surface area contributed by atoms with Gasteiger partial charge < -0.3 is 10.4 Å². The van der Waals surface area contributed by atoms with Crippen LogP contribution in [0.25, 0.3) is 0 Å². The first-order valence-electron chi connectivity index (χ1n) is 6.90. The van der Waals surface area contributed by atoms with Crippen molar-refractivity contribution in [2.75, 3.05) is 6.54 Å². The van der Waals surface area contributed by atoms with Crippen LogP contribution in [0.4, 0.5) is 0 Å². The third-order valence-electron chi connectivity index (χ3n) is 3.59. The Morgan fingerprint density at radius 2 is 2.05 bits per heavy atom. The number of allylic oxidation sites excluding steroid dienone is 2. The number of benzene rings is 1. The van der Waals surface area contributed by atoms with Crippen molar-refractivity contribution in [3.63, 3.8) is 0 Å². The van der Waals surface area contributed by atoms with Crippen LogP contribution in [0.2, 0.25) is 0 Å². The quantitative estimate of drug-likeness (QED) is 0.772. The Labute approximate surface area is 114 Å². The van der Waals surface area contributed by atoms with E-state index in [1.807, 2.05) is 24.3 Å². The summed E-state index contributed by atoms with van der Waals surface area (Å²) in [6.45, 7) is 1.76. The number of rotatable bonds is 6. The van der Waals surface area contributed by atoms with Gasteiger partial charge in [0.1, 0.15) is 0 Å². The zero-order chi connectivity index (χ0) is 13.5. The van der Waals surface area contributed by atoms with Gasteiger partial charge in [0.15, 0.2) is 0 Å². The molecule has 0 fully saturated rings. The monoisotopic (exact) mass is 259 g/mol. The van der Waals surface area contributed by atoms with E-state index in [1.54, 1.807) is 0 Å². The van der Waals surface area contributed by atoms with E-state index >= 15 is 0 Å². The highest BCUT2D eigenvalue weighted by atomic mass is 16.4. The topological polar surface area (TPSA) is 49.3 Å². The van der Waals surface area contributed by atoms with Crippen molar-refractivity contribution >= 4 is 5.97 Å². The summed E-state index contributed by atoms with van der Waals surface area (Å²) in [6, 6.07) is 7.76.